The van der Waals surface area contributed by atoms with E-state index in [9.17, 15) is 5.26 Å². The smallest absolute Gasteiger partial charge is 0.119 e. The first-order valence-electron chi connectivity index (χ1n) is 6.10. The lowest BCUT2D eigenvalue weighted by atomic mass is 9.94. The van der Waals surface area contributed by atoms with Gasteiger partial charge in [0.1, 0.15) is 6.04 Å². The molecule has 0 spiro atoms. The fourth-order valence-electron chi connectivity index (χ4n) is 2.20. The van der Waals surface area contributed by atoms with Crippen molar-refractivity contribution < 1.29 is 4.74 Å². The number of nitrogens with one attached hydrogen (secondary N) is 1. The van der Waals surface area contributed by atoms with Gasteiger partial charge in [0.2, 0.25) is 0 Å². The summed E-state index contributed by atoms with van der Waals surface area (Å²) < 4.78 is 5.44. The number of hydrogen-bond donors (Lipinski definition) is 1. The molecule has 2 unspecified atom stereocenters. The van der Waals surface area contributed by atoms with Gasteiger partial charge in [0.05, 0.1) is 12.7 Å². The molecule has 1 N–H and O–H groups in total. The van der Waals surface area contributed by atoms with Crippen molar-refractivity contribution in [1.29, 1.82) is 5.26 Å². The number of benzene rings is 1. The van der Waals surface area contributed by atoms with Crippen molar-refractivity contribution in [2.75, 3.05) is 18.5 Å². The highest BCUT2D eigenvalue weighted by Gasteiger charge is 2.23. The van der Waals surface area contributed by atoms with Gasteiger partial charge in [-0.15, -0.1) is 0 Å². The Balaban J connectivity index is 2.02. The van der Waals surface area contributed by atoms with E-state index in [1.54, 1.807) is 0 Å². The van der Waals surface area contributed by atoms with Gasteiger partial charge >= 0.3 is 0 Å². The Labute approximate surface area is 102 Å². The minimum Gasteiger partial charge on any atom is -0.381 e. The molecular formula is C14H18N2O. The molecule has 0 aliphatic carbocycles. The lowest BCUT2D eigenvalue weighted by molar-refractivity contribution is 0.0532. The summed E-state index contributed by atoms with van der Waals surface area (Å²) >= 11 is 0. The predicted octanol–water partition coefficient (Wildman–Crippen LogP) is 2.73. The van der Waals surface area contributed by atoms with Gasteiger partial charge in [-0.25, -0.2) is 0 Å². The van der Waals surface area contributed by atoms with Crippen LogP contribution < -0.4 is 5.32 Å². The highest BCUT2D eigenvalue weighted by Crippen LogP contribution is 2.21. The number of ether oxygens (including phenoxy) is 1. The van der Waals surface area contributed by atoms with Gasteiger partial charge in [-0.05, 0) is 37.5 Å². The second-order valence-electron chi connectivity index (χ2n) is 4.60. The maximum Gasteiger partial charge on any atom is 0.119 e. The van der Waals surface area contributed by atoms with Crippen LogP contribution in [0.3, 0.4) is 0 Å². The number of nitrogens with zero attached hydrogens (tertiary/aromatic N) is 1. The summed E-state index contributed by atoms with van der Waals surface area (Å²) in [4.78, 5) is 0. The highest BCUT2D eigenvalue weighted by atomic mass is 16.5. The summed E-state index contributed by atoms with van der Waals surface area (Å²) in [5.41, 5.74) is 2.22. The first kappa shape index (κ1) is 11.9. The van der Waals surface area contributed by atoms with Crippen molar-refractivity contribution in [3.05, 3.63) is 29.8 Å². The Bertz CT molecular complexity index is 405. The van der Waals surface area contributed by atoms with Crippen molar-refractivity contribution in [3.8, 4) is 6.07 Å². The molecule has 0 bridgehead atoms. The molecule has 1 saturated heterocycles. The number of anilines is 1. The first-order valence-corrected chi connectivity index (χ1v) is 6.10. The van der Waals surface area contributed by atoms with E-state index in [0.29, 0.717) is 12.5 Å². The normalized spacial score (nSPS) is 21.5. The molecular weight excluding hydrogens is 212 g/mol. The summed E-state index contributed by atoms with van der Waals surface area (Å²) in [6.07, 6.45) is 2.12. The third-order valence-electron chi connectivity index (χ3n) is 3.15. The Hall–Kier alpha value is -1.53. The van der Waals surface area contributed by atoms with Crippen LogP contribution in [0.1, 0.15) is 18.4 Å². The maximum atomic E-state index is 9.24. The summed E-state index contributed by atoms with van der Waals surface area (Å²) in [6, 6.07) is 10.3. The third kappa shape index (κ3) is 3.21. The van der Waals surface area contributed by atoms with Gasteiger partial charge in [0, 0.05) is 18.2 Å². The average Bonchev–Trinajstić information content (AvgIpc) is 2.37. The zero-order valence-corrected chi connectivity index (χ0v) is 10.1. The molecule has 1 fully saturated rings. The molecule has 0 amide bonds. The van der Waals surface area contributed by atoms with Gasteiger partial charge in [-0.1, -0.05) is 12.1 Å². The minimum atomic E-state index is -0.155. The molecule has 1 aliphatic heterocycles. The van der Waals surface area contributed by atoms with Gasteiger partial charge in [-0.3, -0.25) is 0 Å². The van der Waals surface area contributed by atoms with E-state index in [1.165, 1.54) is 5.56 Å². The maximum absolute atomic E-state index is 9.24. The molecule has 1 aliphatic rings. The summed E-state index contributed by atoms with van der Waals surface area (Å²) in [6.45, 7) is 3.58. The molecule has 2 rings (SSSR count). The Morgan fingerprint density at radius 1 is 1.53 bits per heavy atom. The van der Waals surface area contributed by atoms with Crippen LogP contribution in [0.4, 0.5) is 5.69 Å². The van der Waals surface area contributed by atoms with Crippen molar-refractivity contribution in [2.45, 2.75) is 25.8 Å². The van der Waals surface area contributed by atoms with E-state index in [4.69, 9.17) is 4.74 Å². The van der Waals surface area contributed by atoms with Crippen LogP contribution in [0.2, 0.25) is 0 Å². The van der Waals surface area contributed by atoms with E-state index in [2.05, 4.69) is 30.4 Å². The number of hydrogen-bond acceptors (Lipinski definition) is 3. The lowest BCUT2D eigenvalue weighted by Gasteiger charge is -2.27. The molecule has 90 valence electrons. The summed E-state index contributed by atoms with van der Waals surface area (Å²) in [5.74, 6) is 0.300. The predicted molar refractivity (Wildman–Crippen MR) is 67.7 cm³/mol. The molecule has 0 saturated carbocycles. The highest BCUT2D eigenvalue weighted by molar-refractivity contribution is 5.47. The van der Waals surface area contributed by atoms with Crippen molar-refractivity contribution in [2.24, 2.45) is 5.92 Å². The average molecular weight is 230 g/mol. The van der Waals surface area contributed by atoms with Crippen molar-refractivity contribution in [1.82, 2.24) is 0 Å². The number of nitriles is 1. The van der Waals surface area contributed by atoms with E-state index in [-0.39, 0.29) is 6.04 Å². The molecule has 1 heterocycles. The fourth-order valence-corrected chi connectivity index (χ4v) is 2.20. The standard InChI is InChI=1S/C14H18N2O/c1-11-4-2-6-13(8-11)16-14(9-15)12-5-3-7-17-10-12/h2,4,6,8,12,14,16H,3,5,7,10H2,1H3. The molecule has 0 aromatic heterocycles. The van der Waals surface area contributed by atoms with Crippen LogP contribution in [0, 0.1) is 24.2 Å². The second kappa shape index (κ2) is 5.70. The van der Waals surface area contributed by atoms with Gasteiger partial charge < -0.3 is 10.1 Å². The van der Waals surface area contributed by atoms with Gasteiger partial charge in [0.15, 0.2) is 0 Å². The quantitative estimate of drug-likeness (QED) is 0.868. The largest absolute Gasteiger partial charge is 0.381 e. The number of rotatable bonds is 3. The Morgan fingerprint density at radius 3 is 3.06 bits per heavy atom. The number of aryl methyl sites for hydroxylation is 1. The molecule has 17 heavy (non-hydrogen) atoms. The van der Waals surface area contributed by atoms with Crippen LogP contribution in [-0.4, -0.2) is 19.3 Å². The van der Waals surface area contributed by atoms with Crippen LogP contribution >= 0.6 is 0 Å². The second-order valence-corrected chi connectivity index (χ2v) is 4.60. The SMILES string of the molecule is Cc1cccc(NC(C#N)C2CCCOC2)c1. The molecule has 1 aromatic carbocycles. The van der Waals surface area contributed by atoms with Crippen molar-refractivity contribution >= 4 is 5.69 Å². The van der Waals surface area contributed by atoms with Crippen LogP contribution in [0.25, 0.3) is 0 Å². The first-order chi connectivity index (χ1) is 8.29. The molecule has 2 atom stereocenters. The van der Waals surface area contributed by atoms with Crippen LogP contribution in [0.15, 0.2) is 24.3 Å². The van der Waals surface area contributed by atoms with Crippen LogP contribution in [0.5, 0.6) is 0 Å². The van der Waals surface area contributed by atoms with E-state index < -0.39 is 0 Å². The molecule has 1 aromatic rings. The lowest BCUT2D eigenvalue weighted by Crippen LogP contribution is -2.33. The minimum absolute atomic E-state index is 0.155. The van der Waals surface area contributed by atoms with E-state index >= 15 is 0 Å². The Kier molecular flexibility index (Phi) is 4.00. The van der Waals surface area contributed by atoms with E-state index in [0.717, 1.165) is 25.1 Å². The monoisotopic (exact) mass is 230 g/mol. The molecule has 3 heteroatoms. The topological polar surface area (TPSA) is 45.0 Å². The van der Waals surface area contributed by atoms with Crippen LogP contribution in [-0.2, 0) is 4.74 Å². The summed E-state index contributed by atoms with van der Waals surface area (Å²) in [7, 11) is 0. The van der Waals surface area contributed by atoms with E-state index in [1.807, 2.05) is 12.1 Å². The molecule has 3 nitrogen and oxygen atoms in total. The summed E-state index contributed by atoms with van der Waals surface area (Å²) in [5, 5.41) is 12.5. The van der Waals surface area contributed by atoms with Gasteiger partial charge in [-0.2, -0.15) is 5.26 Å². The van der Waals surface area contributed by atoms with Crippen molar-refractivity contribution in [3.63, 3.8) is 0 Å². The zero-order valence-electron chi connectivity index (χ0n) is 10.1. The third-order valence-corrected chi connectivity index (χ3v) is 3.15. The molecule has 0 radical (unpaired) electrons. The zero-order chi connectivity index (χ0) is 12.1. The fraction of sp³-hybridized carbons (Fsp3) is 0.500. The van der Waals surface area contributed by atoms with Gasteiger partial charge in [0.25, 0.3) is 0 Å². The Morgan fingerprint density at radius 2 is 2.41 bits per heavy atom.